The van der Waals surface area contributed by atoms with Crippen LogP contribution in [0.5, 0.6) is 0 Å². The molecule has 2 aromatic rings. The van der Waals surface area contributed by atoms with Gasteiger partial charge in [-0.25, -0.2) is 0 Å². The molecule has 1 aromatic carbocycles. The molecule has 0 atom stereocenters. The van der Waals surface area contributed by atoms with Gasteiger partial charge in [0.05, 0.1) is 5.56 Å². The Morgan fingerprint density at radius 3 is 2.68 bits per heavy atom. The molecular formula is C14H9N2O2S-. The lowest BCUT2D eigenvalue weighted by atomic mass is 10.2. The molecule has 0 N–H and O–H groups in total. The van der Waals surface area contributed by atoms with Gasteiger partial charge in [0.2, 0.25) is 0 Å². The summed E-state index contributed by atoms with van der Waals surface area (Å²) in [4.78, 5) is 16.1. The van der Waals surface area contributed by atoms with Gasteiger partial charge in [0, 0.05) is 18.0 Å². The van der Waals surface area contributed by atoms with E-state index in [1.165, 1.54) is 18.5 Å². The maximum atomic E-state index is 11.8. The quantitative estimate of drug-likeness (QED) is 0.621. The first kappa shape index (κ1) is 13.0. The van der Waals surface area contributed by atoms with Crippen molar-refractivity contribution >= 4 is 16.5 Å². The molecular weight excluding hydrogens is 260 g/mol. The summed E-state index contributed by atoms with van der Waals surface area (Å²) < 4.78 is 15.5. The van der Waals surface area contributed by atoms with E-state index in [0.717, 1.165) is 0 Å². The Morgan fingerprint density at radius 2 is 2.00 bits per heavy atom. The molecule has 0 saturated heterocycles. The van der Waals surface area contributed by atoms with Crippen LogP contribution in [-0.4, -0.2) is 10.9 Å². The molecule has 0 radical (unpaired) electrons. The largest absolute Gasteiger partial charge is 0.440 e. The molecule has 0 aliphatic rings. The van der Waals surface area contributed by atoms with Gasteiger partial charge in [-0.3, -0.25) is 9.78 Å². The van der Waals surface area contributed by atoms with Gasteiger partial charge in [-0.05, 0) is 6.07 Å². The SMILES string of the molecule is C#Cc1cncc(C(=O)N=[S-](=O)c2ccccc2)c1. The molecule has 1 heterocycles. The Balaban J connectivity index is 2.31. The van der Waals surface area contributed by atoms with Gasteiger partial charge >= 0.3 is 0 Å². The lowest BCUT2D eigenvalue weighted by Gasteiger charge is -2.04. The van der Waals surface area contributed by atoms with Gasteiger partial charge in [0.15, 0.2) is 0 Å². The first-order chi connectivity index (χ1) is 9.20. The highest BCUT2D eigenvalue weighted by atomic mass is 32.2. The number of rotatable bonds is 2. The number of nitrogens with zero attached hydrogens (tertiary/aromatic N) is 2. The van der Waals surface area contributed by atoms with Crippen molar-refractivity contribution in [2.75, 3.05) is 0 Å². The van der Waals surface area contributed by atoms with Crippen molar-refractivity contribution in [2.24, 2.45) is 4.36 Å². The summed E-state index contributed by atoms with van der Waals surface area (Å²) in [6.07, 6.45) is 8.02. The van der Waals surface area contributed by atoms with Crippen molar-refractivity contribution in [3.05, 3.63) is 59.9 Å². The highest BCUT2D eigenvalue weighted by Crippen LogP contribution is 2.07. The van der Waals surface area contributed by atoms with Gasteiger partial charge in [-0.2, -0.15) is 10.6 Å². The predicted octanol–water partition coefficient (Wildman–Crippen LogP) is 2.41. The molecule has 94 valence electrons. The Labute approximate surface area is 112 Å². The lowest BCUT2D eigenvalue weighted by Crippen LogP contribution is -1.97. The van der Waals surface area contributed by atoms with Crippen molar-refractivity contribution in [3.63, 3.8) is 0 Å². The average molecular weight is 269 g/mol. The van der Waals surface area contributed by atoms with E-state index in [2.05, 4.69) is 15.3 Å². The van der Waals surface area contributed by atoms with Crippen LogP contribution in [-0.2, 0) is 14.8 Å². The number of benzene rings is 1. The number of hydrogen-bond acceptors (Lipinski definition) is 4. The van der Waals surface area contributed by atoms with E-state index in [0.29, 0.717) is 10.5 Å². The molecule has 1 amide bonds. The van der Waals surface area contributed by atoms with Crippen LogP contribution >= 0.6 is 0 Å². The van der Waals surface area contributed by atoms with Crippen molar-refractivity contribution in [1.82, 2.24) is 4.98 Å². The van der Waals surface area contributed by atoms with Crippen molar-refractivity contribution in [3.8, 4) is 12.3 Å². The first-order valence-electron chi connectivity index (χ1n) is 5.35. The number of aromatic nitrogens is 1. The van der Waals surface area contributed by atoms with Gasteiger partial charge < -0.3 is 8.57 Å². The third kappa shape index (κ3) is 3.27. The number of carbonyl (C=O) groups excluding carboxylic acids is 1. The van der Waals surface area contributed by atoms with Crippen LogP contribution in [0.4, 0.5) is 0 Å². The summed E-state index contributed by atoms with van der Waals surface area (Å²) >= 11 is 0. The maximum Gasteiger partial charge on any atom is 0.255 e. The molecule has 0 unspecified atom stereocenters. The van der Waals surface area contributed by atoms with Crippen LogP contribution in [0.3, 0.4) is 0 Å². The van der Waals surface area contributed by atoms with E-state index in [-0.39, 0.29) is 5.56 Å². The lowest BCUT2D eigenvalue weighted by molar-refractivity contribution is 0.100. The van der Waals surface area contributed by atoms with Gasteiger partial charge in [0.1, 0.15) is 0 Å². The predicted molar refractivity (Wildman–Crippen MR) is 71.7 cm³/mol. The van der Waals surface area contributed by atoms with Gasteiger partial charge in [0.25, 0.3) is 5.91 Å². The Bertz CT molecular complexity index is 727. The fourth-order valence-electron chi connectivity index (χ4n) is 1.35. The zero-order valence-corrected chi connectivity index (χ0v) is 10.6. The average Bonchev–Trinajstić information content (AvgIpc) is 2.48. The second kappa shape index (κ2) is 5.94. The third-order valence-electron chi connectivity index (χ3n) is 2.26. The van der Waals surface area contributed by atoms with Crippen LogP contribution < -0.4 is 0 Å². The van der Waals surface area contributed by atoms with Crippen LogP contribution in [0.1, 0.15) is 15.9 Å². The molecule has 19 heavy (non-hydrogen) atoms. The molecule has 0 aliphatic carbocycles. The monoisotopic (exact) mass is 269 g/mol. The second-order valence-corrected chi connectivity index (χ2v) is 4.72. The van der Waals surface area contributed by atoms with E-state index >= 15 is 0 Å². The molecule has 0 bridgehead atoms. The Kier molecular flexibility index (Phi) is 4.06. The number of hydrogen-bond donors (Lipinski definition) is 0. The summed E-state index contributed by atoms with van der Waals surface area (Å²) in [7, 11) is -1.73. The maximum absolute atomic E-state index is 11.8. The number of carbonyl (C=O) groups is 1. The highest BCUT2D eigenvalue weighted by Gasteiger charge is 2.02. The summed E-state index contributed by atoms with van der Waals surface area (Å²) in [5.74, 6) is 1.77. The zero-order valence-electron chi connectivity index (χ0n) is 9.82. The normalized spacial score (nSPS) is 11.7. The molecule has 2 rings (SSSR count). The second-order valence-electron chi connectivity index (χ2n) is 3.57. The van der Waals surface area contributed by atoms with Crippen LogP contribution in [0.25, 0.3) is 0 Å². The van der Waals surface area contributed by atoms with E-state index in [1.807, 2.05) is 0 Å². The summed E-state index contributed by atoms with van der Waals surface area (Å²) in [6, 6.07) is 10.0. The van der Waals surface area contributed by atoms with E-state index in [4.69, 9.17) is 6.42 Å². The standard InChI is InChI=1S/C14H9N2O2S/c1-2-11-8-12(10-15-9-11)14(17)16-19(18)13-6-4-3-5-7-13/h1,3-10H/q-1. The van der Waals surface area contributed by atoms with E-state index in [1.54, 1.807) is 30.3 Å². The van der Waals surface area contributed by atoms with E-state index < -0.39 is 16.5 Å². The van der Waals surface area contributed by atoms with Crippen molar-refractivity contribution in [2.45, 2.75) is 4.90 Å². The number of terminal acetylenes is 1. The molecule has 4 nitrogen and oxygen atoms in total. The molecule has 0 spiro atoms. The van der Waals surface area contributed by atoms with Gasteiger partial charge in [-0.15, -0.1) is 6.42 Å². The minimum atomic E-state index is -1.73. The molecule has 5 heteroatoms. The fourth-order valence-corrected chi connectivity index (χ4v) is 2.10. The van der Waals surface area contributed by atoms with Gasteiger partial charge in [-0.1, -0.05) is 41.1 Å². The molecule has 0 aliphatic heterocycles. The number of amides is 1. The van der Waals surface area contributed by atoms with Crippen molar-refractivity contribution in [1.29, 1.82) is 0 Å². The minimum absolute atomic E-state index is 0.222. The first-order valence-corrected chi connectivity index (χ1v) is 6.46. The topological polar surface area (TPSA) is 59.4 Å². The number of pyridine rings is 1. The molecule has 0 fully saturated rings. The summed E-state index contributed by atoms with van der Waals surface area (Å²) in [5, 5.41) is 0. The molecule has 1 aromatic heterocycles. The third-order valence-corrected chi connectivity index (χ3v) is 3.27. The van der Waals surface area contributed by atoms with Crippen LogP contribution in [0.2, 0.25) is 0 Å². The summed E-state index contributed by atoms with van der Waals surface area (Å²) in [5.41, 5.74) is 0.700. The van der Waals surface area contributed by atoms with Crippen LogP contribution in [0, 0.1) is 12.3 Å². The smallest absolute Gasteiger partial charge is 0.255 e. The molecule has 0 saturated carbocycles. The highest BCUT2D eigenvalue weighted by molar-refractivity contribution is 7.75. The Hall–Kier alpha value is -2.45. The fraction of sp³-hybridized carbons (Fsp3) is 0. The summed E-state index contributed by atoms with van der Waals surface area (Å²) in [6.45, 7) is 0. The van der Waals surface area contributed by atoms with Crippen molar-refractivity contribution < 1.29 is 9.00 Å². The Morgan fingerprint density at radius 1 is 1.26 bits per heavy atom. The van der Waals surface area contributed by atoms with Crippen LogP contribution in [0.15, 0.2) is 58.1 Å². The minimum Gasteiger partial charge on any atom is -0.440 e. The van der Waals surface area contributed by atoms with E-state index in [9.17, 15) is 9.00 Å². The zero-order chi connectivity index (χ0) is 13.7.